The Morgan fingerprint density at radius 2 is 2.12 bits per heavy atom. The minimum absolute atomic E-state index is 0.0943. The van der Waals surface area contributed by atoms with E-state index in [1.165, 1.54) is 0 Å². The minimum atomic E-state index is -0.0943. The molecule has 0 N–H and O–H groups in total. The molecule has 0 saturated carbocycles. The van der Waals surface area contributed by atoms with Crippen molar-refractivity contribution in [3.63, 3.8) is 0 Å². The normalized spacial score (nSPS) is 12.6. The molecule has 0 fully saturated rings. The Kier molecular flexibility index (Phi) is 3.93. The molecule has 0 saturated heterocycles. The van der Waals surface area contributed by atoms with Crippen LogP contribution in [0.15, 0.2) is 35.7 Å². The van der Waals surface area contributed by atoms with E-state index in [0.29, 0.717) is 5.88 Å². The second-order valence-corrected chi connectivity index (χ2v) is 4.49. The Labute approximate surface area is 104 Å². The number of thiazole rings is 1. The molecule has 1 heterocycles. The van der Waals surface area contributed by atoms with E-state index in [4.69, 9.17) is 16.3 Å². The van der Waals surface area contributed by atoms with E-state index in [2.05, 4.69) is 4.98 Å². The summed E-state index contributed by atoms with van der Waals surface area (Å²) in [5.41, 5.74) is 2.01. The van der Waals surface area contributed by atoms with Crippen molar-refractivity contribution in [3.8, 4) is 0 Å². The number of hydrogen-bond acceptors (Lipinski definition) is 3. The zero-order valence-electron chi connectivity index (χ0n) is 8.89. The fourth-order valence-electron chi connectivity index (χ4n) is 1.51. The Hall–Kier alpha value is -0.900. The molecule has 16 heavy (non-hydrogen) atoms. The van der Waals surface area contributed by atoms with E-state index < -0.39 is 0 Å². The van der Waals surface area contributed by atoms with Crippen molar-refractivity contribution in [2.45, 2.75) is 12.0 Å². The third-order valence-corrected chi connectivity index (χ3v) is 3.48. The maximum absolute atomic E-state index is 5.74. The van der Waals surface area contributed by atoms with Crippen molar-refractivity contribution in [2.75, 3.05) is 7.11 Å². The van der Waals surface area contributed by atoms with Crippen molar-refractivity contribution in [1.29, 1.82) is 0 Å². The van der Waals surface area contributed by atoms with Crippen molar-refractivity contribution < 1.29 is 4.74 Å². The van der Waals surface area contributed by atoms with Gasteiger partial charge in [0.15, 0.2) is 0 Å². The molecule has 84 valence electrons. The van der Waals surface area contributed by atoms with Gasteiger partial charge in [-0.25, -0.2) is 4.98 Å². The van der Waals surface area contributed by atoms with Crippen molar-refractivity contribution in [1.82, 2.24) is 4.98 Å². The quantitative estimate of drug-likeness (QED) is 0.777. The lowest BCUT2D eigenvalue weighted by molar-refractivity contribution is 0.136. The Bertz CT molecular complexity index is 443. The molecule has 1 aromatic carbocycles. The highest BCUT2D eigenvalue weighted by molar-refractivity contribution is 7.09. The molecule has 0 unspecified atom stereocenters. The van der Waals surface area contributed by atoms with Gasteiger partial charge in [0.25, 0.3) is 0 Å². The molecule has 2 rings (SSSR count). The van der Waals surface area contributed by atoms with Gasteiger partial charge < -0.3 is 4.74 Å². The van der Waals surface area contributed by atoms with Gasteiger partial charge >= 0.3 is 0 Å². The minimum Gasteiger partial charge on any atom is -0.370 e. The monoisotopic (exact) mass is 253 g/mol. The van der Waals surface area contributed by atoms with Crippen LogP contribution in [0.3, 0.4) is 0 Å². The first-order valence-corrected chi connectivity index (χ1v) is 6.34. The fraction of sp³-hybridized carbons (Fsp3) is 0.250. The van der Waals surface area contributed by atoms with Crippen molar-refractivity contribution in [3.05, 3.63) is 52.0 Å². The molecule has 0 bridgehead atoms. The van der Waals surface area contributed by atoms with Crippen LogP contribution in [0.1, 0.15) is 22.4 Å². The summed E-state index contributed by atoms with van der Waals surface area (Å²) in [6, 6.07) is 10.1. The first kappa shape index (κ1) is 11.6. The van der Waals surface area contributed by atoms with Crippen LogP contribution < -0.4 is 0 Å². The average molecular weight is 254 g/mol. The second kappa shape index (κ2) is 5.43. The molecule has 0 aliphatic heterocycles. The summed E-state index contributed by atoms with van der Waals surface area (Å²) in [6.45, 7) is 0. The van der Waals surface area contributed by atoms with Gasteiger partial charge in [-0.1, -0.05) is 30.3 Å². The van der Waals surface area contributed by atoms with Gasteiger partial charge in [-0.05, 0) is 5.56 Å². The molecule has 2 nitrogen and oxygen atoms in total. The molecule has 1 aromatic heterocycles. The third kappa shape index (κ3) is 2.43. The zero-order valence-corrected chi connectivity index (χ0v) is 10.5. The largest absolute Gasteiger partial charge is 0.370 e. The summed E-state index contributed by atoms with van der Waals surface area (Å²) in [5, 5.41) is 2.92. The van der Waals surface area contributed by atoms with Gasteiger partial charge in [0.2, 0.25) is 0 Å². The molecule has 0 amide bonds. The second-order valence-electron chi connectivity index (χ2n) is 3.34. The highest BCUT2D eigenvalue weighted by Crippen LogP contribution is 2.28. The Morgan fingerprint density at radius 1 is 1.38 bits per heavy atom. The number of methoxy groups -OCH3 is 1. The predicted octanol–water partition coefficient (Wildman–Crippen LogP) is 3.62. The highest BCUT2D eigenvalue weighted by atomic mass is 35.5. The van der Waals surface area contributed by atoms with Crippen LogP contribution >= 0.6 is 22.9 Å². The van der Waals surface area contributed by atoms with Crippen molar-refractivity contribution in [2.24, 2.45) is 0 Å². The number of aromatic nitrogens is 1. The van der Waals surface area contributed by atoms with Crippen LogP contribution in [0, 0.1) is 0 Å². The van der Waals surface area contributed by atoms with Crippen LogP contribution in [0.5, 0.6) is 0 Å². The van der Waals surface area contributed by atoms with Gasteiger partial charge in [-0.15, -0.1) is 22.9 Å². The highest BCUT2D eigenvalue weighted by Gasteiger charge is 2.16. The molecular weight excluding hydrogens is 242 g/mol. The first-order chi connectivity index (χ1) is 7.85. The van der Waals surface area contributed by atoms with Gasteiger partial charge in [0, 0.05) is 12.5 Å². The molecule has 0 aliphatic rings. The molecule has 2 aromatic rings. The van der Waals surface area contributed by atoms with E-state index >= 15 is 0 Å². The average Bonchev–Trinajstić information content (AvgIpc) is 2.80. The number of benzene rings is 1. The summed E-state index contributed by atoms with van der Waals surface area (Å²) in [5.74, 6) is 0.446. The van der Waals surface area contributed by atoms with Crippen LogP contribution in [-0.4, -0.2) is 12.1 Å². The van der Waals surface area contributed by atoms with E-state index in [-0.39, 0.29) is 6.10 Å². The lowest BCUT2D eigenvalue weighted by Crippen LogP contribution is -2.02. The maximum atomic E-state index is 5.74. The number of ether oxygens (including phenoxy) is 1. The lowest BCUT2D eigenvalue weighted by atomic mass is 10.1. The van der Waals surface area contributed by atoms with E-state index in [1.807, 2.05) is 35.7 Å². The number of nitrogens with zero attached hydrogens (tertiary/aromatic N) is 1. The van der Waals surface area contributed by atoms with Crippen molar-refractivity contribution >= 4 is 22.9 Å². The zero-order chi connectivity index (χ0) is 11.4. The van der Waals surface area contributed by atoms with E-state index in [9.17, 15) is 0 Å². The molecule has 0 spiro atoms. The van der Waals surface area contributed by atoms with Gasteiger partial charge in [0.05, 0.1) is 11.6 Å². The first-order valence-electron chi connectivity index (χ1n) is 4.93. The number of halogens is 1. The van der Waals surface area contributed by atoms with Crippen LogP contribution in [0.4, 0.5) is 0 Å². The summed E-state index contributed by atoms with van der Waals surface area (Å²) in [7, 11) is 1.69. The van der Waals surface area contributed by atoms with Gasteiger partial charge in [-0.2, -0.15) is 0 Å². The van der Waals surface area contributed by atoms with Gasteiger partial charge in [0.1, 0.15) is 11.1 Å². The Balaban J connectivity index is 2.29. The van der Waals surface area contributed by atoms with E-state index in [0.717, 1.165) is 16.3 Å². The molecule has 4 heteroatoms. The third-order valence-electron chi connectivity index (χ3n) is 2.27. The summed E-state index contributed by atoms with van der Waals surface area (Å²) >= 11 is 7.32. The molecular formula is C12H12ClNOS. The predicted molar refractivity (Wildman–Crippen MR) is 67.0 cm³/mol. The van der Waals surface area contributed by atoms with Crippen LogP contribution in [0.2, 0.25) is 0 Å². The van der Waals surface area contributed by atoms with Crippen LogP contribution in [-0.2, 0) is 10.6 Å². The summed E-state index contributed by atoms with van der Waals surface area (Å²) < 4.78 is 5.49. The Morgan fingerprint density at radius 3 is 2.69 bits per heavy atom. The van der Waals surface area contributed by atoms with Crippen LogP contribution in [0.25, 0.3) is 0 Å². The van der Waals surface area contributed by atoms with E-state index in [1.54, 1.807) is 18.4 Å². The maximum Gasteiger partial charge on any atom is 0.134 e. The number of alkyl halides is 1. The summed E-state index contributed by atoms with van der Waals surface area (Å²) in [4.78, 5) is 4.44. The smallest absolute Gasteiger partial charge is 0.134 e. The molecule has 0 radical (unpaired) electrons. The standard InChI is InChI=1S/C12H12ClNOS/c1-15-11(9-5-3-2-4-6-9)12-14-10(7-13)8-16-12/h2-6,8,11H,7H2,1H3/t11-/m1/s1. The number of rotatable bonds is 4. The summed E-state index contributed by atoms with van der Waals surface area (Å²) in [6.07, 6.45) is -0.0943. The fourth-order valence-corrected chi connectivity index (χ4v) is 2.66. The number of hydrogen-bond donors (Lipinski definition) is 0. The lowest BCUT2D eigenvalue weighted by Gasteiger charge is -2.12. The molecule has 1 atom stereocenters. The topological polar surface area (TPSA) is 22.1 Å². The molecule has 0 aliphatic carbocycles. The van der Waals surface area contributed by atoms with Gasteiger partial charge in [-0.3, -0.25) is 0 Å². The SMILES string of the molecule is CO[C@H](c1ccccc1)c1nc(CCl)cs1.